The minimum Gasteiger partial charge on any atom is -0.493 e. The van der Waals surface area contributed by atoms with E-state index in [1.165, 1.54) is 6.42 Å². The largest absolute Gasteiger partial charge is 0.493 e. The summed E-state index contributed by atoms with van der Waals surface area (Å²) in [5, 5.41) is 0. The number of hydrogen-bond donors (Lipinski definition) is 1. The van der Waals surface area contributed by atoms with Gasteiger partial charge in [0.15, 0.2) is 11.5 Å². The van der Waals surface area contributed by atoms with Crippen LogP contribution in [-0.2, 0) is 6.54 Å². The number of hydrogen-bond acceptors (Lipinski definition) is 4. The maximum Gasteiger partial charge on any atom is 0.161 e. The minimum absolute atomic E-state index is 0.454. The van der Waals surface area contributed by atoms with E-state index in [1.54, 1.807) is 14.2 Å². The first-order valence-corrected chi connectivity index (χ1v) is 7.24. The van der Waals surface area contributed by atoms with E-state index in [0.717, 1.165) is 35.9 Å². The van der Waals surface area contributed by atoms with Crippen molar-refractivity contribution in [1.82, 2.24) is 9.55 Å². The SMILES string of the molecule is COc1ccc(-c2nc3n(c2N)CCCC3C)cc1OC. The topological polar surface area (TPSA) is 62.3 Å². The van der Waals surface area contributed by atoms with Gasteiger partial charge >= 0.3 is 0 Å². The number of methoxy groups -OCH3 is 2. The van der Waals surface area contributed by atoms with Gasteiger partial charge in [-0.15, -0.1) is 0 Å². The molecule has 0 saturated heterocycles. The lowest BCUT2D eigenvalue weighted by atomic mass is 10.0. The average molecular weight is 287 g/mol. The van der Waals surface area contributed by atoms with Gasteiger partial charge in [-0.1, -0.05) is 6.92 Å². The van der Waals surface area contributed by atoms with Crippen molar-refractivity contribution >= 4 is 5.82 Å². The molecule has 0 fully saturated rings. The molecule has 2 N–H and O–H groups in total. The average Bonchev–Trinajstić information content (AvgIpc) is 2.85. The molecule has 3 rings (SSSR count). The molecule has 1 aromatic heterocycles. The fraction of sp³-hybridized carbons (Fsp3) is 0.438. The van der Waals surface area contributed by atoms with Crippen LogP contribution in [0.2, 0.25) is 0 Å². The zero-order valence-electron chi connectivity index (χ0n) is 12.7. The lowest BCUT2D eigenvalue weighted by Gasteiger charge is -2.20. The highest BCUT2D eigenvalue weighted by Gasteiger charge is 2.24. The molecule has 1 atom stereocenters. The van der Waals surface area contributed by atoms with Gasteiger partial charge in [-0.2, -0.15) is 0 Å². The first-order chi connectivity index (χ1) is 10.2. The second kappa shape index (κ2) is 5.31. The van der Waals surface area contributed by atoms with Crippen molar-refractivity contribution in [2.45, 2.75) is 32.2 Å². The van der Waals surface area contributed by atoms with Crippen molar-refractivity contribution < 1.29 is 9.47 Å². The standard InChI is InChI=1S/C16H21N3O2/c1-10-5-4-8-19-15(17)14(18-16(10)19)11-6-7-12(20-2)13(9-11)21-3/h6-7,9-10H,4-5,8,17H2,1-3H3. The third-order valence-electron chi connectivity index (χ3n) is 4.15. The Hall–Kier alpha value is -2.17. The molecule has 0 saturated carbocycles. The summed E-state index contributed by atoms with van der Waals surface area (Å²) in [6, 6.07) is 5.78. The van der Waals surface area contributed by atoms with Gasteiger partial charge in [0.2, 0.25) is 0 Å². The number of nitrogens with zero attached hydrogens (tertiary/aromatic N) is 2. The molecule has 0 bridgehead atoms. The fourth-order valence-electron chi connectivity index (χ4n) is 2.98. The Bertz CT molecular complexity index is 664. The number of ether oxygens (including phenoxy) is 2. The van der Waals surface area contributed by atoms with E-state index in [9.17, 15) is 0 Å². The highest BCUT2D eigenvalue weighted by atomic mass is 16.5. The molecule has 112 valence electrons. The summed E-state index contributed by atoms with van der Waals surface area (Å²) in [7, 11) is 3.26. The summed E-state index contributed by atoms with van der Waals surface area (Å²) in [6.45, 7) is 3.15. The van der Waals surface area contributed by atoms with Crippen LogP contribution in [0.15, 0.2) is 18.2 Å². The molecule has 0 radical (unpaired) electrons. The number of anilines is 1. The number of fused-ring (bicyclic) bond motifs is 1. The predicted octanol–water partition coefficient (Wildman–Crippen LogP) is 3.05. The van der Waals surface area contributed by atoms with Gasteiger partial charge in [0, 0.05) is 18.0 Å². The predicted molar refractivity (Wildman–Crippen MR) is 82.8 cm³/mol. The van der Waals surface area contributed by atoms with Crippen LogP contribution in [-0.4, -0.2) is 23.8 Å². The van der Waals surface area contributed by atoms with Crippen LogP contribution in [0.1, 0.15) is 31.5 Å². The van der Waals surface area contributed by atoms with E-state index in [1.807, 2.05) is 18.2 Å². The van der Waals surface area contributed by atoms with E-state index in [-0.39, 0.29) is 0 Å². The van der Waals surface area contributed by atoms with Gasteiger partial charge in [-0.25, -0.2) is 4.98 Å². The second-order valence-electron chi connectivity index (χ2n) is 5.47. The van der Waals surface area contributed by atoms with Crippen molar-refractivity contribution in [3.8, 4) is 22.8 Å². The first-order valence-electron chi connectivity index (χ1n) is 7.24. The van der Waals surface area contributed by atoms with E-state index >= 15 is 0 Å². The highest BCUT2D eigenvalue weighted by Crippen LogP contribution is 2.37. The molecule has 1 aromatic carbocycles. The third kappa shape index (κ3) is 2.22. The van der Waals surface area contributed by atoms with E-state index in [0.29, 0.717) is 17.4 Å². The molecule has 1 aliphatic rings. The van der Waals surface area contributed by atoms with Gasteiger partial charge in [-0.3, -0.25) is 0 Å². The zero-order chi connectivity index (χ0) is 15.0. The van der Waals surface area contributed by atoms with Gasteiger partial charge in [0.1, 0.15) is 17.3 Å². The van der Waals surface area contributed by atoms with Gasteiger partial charge in [-0.05, 0) is 31.0 Å². The molecular weight excluding hydrogens is 266 g/mol. The number of rotatable bonds is 3. The molecule has 0 spiro atoms. The molecule has 5 nitrogen and oxygen atoms in total. The van der Waals surface area contributed by atoms with Gasteiger partial charge in [0.25, 0.3) is 0 Å². The Morgan fingerprint density at radius 3 is 2.67 bits per heavy atom. The van der Waals surface area contributed by atoms with E-state index < -0.39 is 0 Å². The normalized spacial score (nSPS) is 17.4. The molecule has 1 aliphatic heterocycles. The van der Waals surface area contributed by atoms with Crippen LogP contribution in [0.4, 0.5) is 5.82 Å². The molecule has 1 unspecified atom stereocenters. The van der Waals surface area contributed by atoms with E-state index in [2.05, 4.69) is 11.5 Å². The fourth-order valence-corrected chi connectivity index (χ4v) is 2.98. The van der Waals surface area contributed by atoms with Crippen molar-refractivity contribution in [1.29, 1.82) is 0 Å². The van der Waals surface area contributed by atoms with Crippen LogP contribution < -0.4 is 15.2 Å². The molecule has 0 aliphatic carbocycles. The summed E-state index contributed by atoms with van der Waals surface area (Å²) in [5.74, 6) is 3.67. The van der Waals surface area contributed by atoms with Crippen LogP contribution in [0.3, 0.4) is 0 Å². The van der Waals surface area contributed by atoms with Crippen LogP contribution in [0.25, 0.3) is 11.3 Å². The summed E-state index contributed by atoms with van der Waals surface area (Å²) in [6.07, 6.45) is 2.32. The second-order valence-corrected chi connectivity index (χ2v) is 5.47. The molecule has 21 heavy (non-hydrogen) atoms. The van der Waals surface area contributed by atoms with E-state index in [4.69, 9.17) is 20.2 Å². The maximum absolute atomic E-state index is 6.31. The minimum atomic E-state index is 0.454. The van der Waals surface area contributed by atoms with Crippen LogP contribution >= 0.6 is 0 Å². The Morgan fingerprint density at radius 1 is 1.24 bits per heavy atom. The quantitative estimate of drug-likeness (QED) is 0.942. The number of nitrogen functional groups attached to an aromatic ring is 1. The lowest BCUT2D eigenvalue weighted by molar-refractivity contribution is 0.355. The smallest absolute Gasteiger partial charge is 0.161 e. The molecule has 5 heteroatoms. The lowest BCUT2D eigenvalue weighted by Crippen LogP contribution is -2.15. The summed E-state index contributed by atoms with van der Waals surface area (Å²) in [5.41, 5.74) is 8.10. The number of benzene rings is 1. The molecular formula is C16H21N3O2. The van der Waals surface area contributed by atoms with Crippen molar-refractivity contribution in [2.75, 3.05) is 20.0 Å². The molecule has 0 amide bonds. The van der Waals surface area contributed by atoms with Crippen molar-refractivity contribution in [2.24, 2.45) is 0 Å². The zero-order valence-corrected chi connectivity index (χ0v) is 12.7. The Balaban J connectivity index is 2.09. The third-order valence-corrected chi connectivity index (χ3v) is 4.15. The number of aromatic nitrogens is 2. The highest BCUT2D eigenvalue weighted by molar-refractivity contribution is 5.73. The van der Waals surface area contributed by atoms with Crippen molar-refractivity contribution in [3.05, 3.63) is 24.0 Å². The maximum atomic E-state index is 6.31. The van der Waals surface area contributed by atoms with Crippen LogP contribution in [0.5, 0.6) is 11.5 Å². The van der Waals surface area contributed by atoms with Gasteiger partial charge in [0.05, 0.1) is 14.2 Å². The van der Waals surface area contributed by atoms with Gasteiger partial charge < -0.3 is 19.8 Å². The Labute approximate surface area is 124 Å². The first kappa shape index (κ1) is 13.8. The monoisotopic (exact) mass is 287 g/mol. The summed E-state index contributed by atoms with van der Waals surface area (Å²) < 4.78 is 12.8. The summed E-state index contributed by atoms with van der Waals surface area (Å²) >= 11 is 0. The Kier molecular flexibility index (Phi) is 3.49. The number of imidazole rings is 1. The Morgan fingerprint density at radius 2 is 2.00 bits per heavy atom. The molecule has 2 heterocycles. The summed E-state index contributed by atoms with van der Waals surface area (Å²) in [4.78, 5) is 4.77. The number of nitrogens with two attached hydrogens (primary N) is 1. The van der Waals surface area contributed by atoms with Crippen LogP contribution in [0, 0.1) is 0 Å². The molecule has 2 aromatic rings. The van der Waals surface area contributed by atoms with Crippen molar-refractivity contribution in [3.63, 3.8) is 0 Å².